The van der Waals surface area contributed by atoms with Gasteiger partial charge in [-0.25, -0.2) is 4.39 Å². The number of aromatic nitrogens is 3. The second-order valence-electron chi connectivity index (χ2n) is 9.15. The summed E-state index contributed by atoms with van der Waals surface area (Å²) >= 11 is 1.42. The molecular weight excluding hydrogens is 465 g/mol. The van der Waals surface area contributed by atoms with Crippen molar-refractivity contribution in [3.05, 3.63) is 77.4 Å². The Morgan fingerprint density at radius 3 is 2.63 bits per heavy atom. The van der Waals surface area contributed by atoms with Gasteiger partial charge in [0.2, 0.25) is 11.8 Å². The molecule has 0 aliphatic carbocycles. The molecule has 0 bridgehead atoms. The molecule has 0 saturated carbocycles. The van der Waals surface area contributed by atoms with Gasteiger partial charge >= 0.3 is 0 Å². The van der Waals surface area contributed by atoms with E-state index in [2.05, 4.69) is 29.4 Å². The third-order valence-electron chi connectivity index (χ3n) is 5.92. The molecule has 2 amide bonds. The van der Waals surface area contributed by atoms with Gasteiger partial charge in [-0.1, -0.05) is 74.1 Å². The molecule has 0 unspecified atom stereocenters. The van der Waals surface area contributed by atoms with Gasteiger partial charge in [0.15, 0.2) is 11.0 Å². The molecule has 1 aliphatic heterocycles. The van der Waals surface area contributed by atoms with Gasteiger partial charge in [-0.05, 0) is 23.1 Å². The van der Waals surface area contributed by atoms with Crippen LogP contribution in [0.25, 0.3) is 0 Å². The van der Waals surface area contributed by atoms with E-state index in [1.807, 2.05) is 41.0 Å². The number of nitrogens with zero attached hydrogens (tertiary/aromatic N) is 4. The Morgan fingerprint density at radius 1 is 1.14 bits per heavy atom. The predicted octanol–water partition coefficient (Wildman–Crippen LogP) is 4.00. The van der Waals surface area contributed by atoms with E-state index >= 15 is 0 Å². The normalized spacial score (nSPS) is 15.7. The third kappa shape index (κ3) is 6.48. The molecule has 35 heavy (non-hydrogen) atoms. The standard InChI is InChI=1S/C26H30FN5O2S/c1-18(2)14-32-23(29-30-26(32)35-17-20-10-6-7-11-22(20)27)13-28-24(33)16-31-15-21(12-25(31)34)19-8-4-3-5-9-19/h3-11,18,21H,12-17H2,1-2H3,(H,28,33)/t21-/m1/s1. The van der Waals surface area contributed by atoms with E-state index in [0.29, 0.717) is 47.7 Å². The Morgan fingerprint density at radius 2 is 1.89 bits per heavy atom. The van der Waals surface area contributed by atoms with Crippen LogP contribution in [0, 0.1) is 11.7 Å². The van der Waals surface area contributed by atoms with E-state index in [1.54, 1.807) is 17.0 Å². The third-order valence-corrected chi connectivity index (χ3v) is 6.93. The van der Waals surface area contributed by atoms with Crippen molar-refractivity contribution in [3.8, 4) is 0 Å². The number of amides is 2. The van der Waals surface area contributed by atoms with Gasteiger partial charge in [-0.2, -0.15) is 0 Å². The van der Waals surface area contributed by atoms with Crippen molar-refractivity contribution >= 4 is 23.6 Å². The van der Waals surface area contributed by atoms with Crippen molar-refractivity contribution in [2.24, 2.45) is 5.92 Å². The average molecular weight is 496 g/mol. The van der Waals surface area contributed by atoms with Crippen LogP contribution in [0.15, 0.2) is 59.8 Å². The minimum atomic E-state index is -0.242. The molecule has 0 radical (unpaired) electrons. The molecule has 3 aromatic rings. The number of likely N-dealkylation sites (tertiary alicyclic amines) is 1. The number of carbonyl (C=O) groups is 2. The molecule has 1 aliphatic rings. The SMILES string of the molecule is CC(C)Cn1c(CNC(=O)CN2C[C@H](c3ccccc3)CC2=O)nnc1SCc1ccccc1F. The molecule has 184 valence electrons. The van der Waals surface area contributed by atoms with Crippen LogP contribution >= 0.6 is 11.8 Å². The molecular formula is C26H30FN5O2S. The lowest BCUT2D eigenvalue weighted by atomic mass is 9.99. The van der Waals surface area contributed by atoms with Crippen molar-refractivity contribution in [2.75, 3.05) is 13.1 Å². The van der Waals surface area contributed by atoms with E-state index in [4.69, 9.17) is 0 Å². The van der Waals surface area contributed by atoms with E-state index in [1.165, 1.54) is 17.8 Å². The molecule has 1 aromatic heterocycles. The number of thioether (sulfide) groups is 1. The molecule has 2 heterocycles. The van der Waals surface area contributed by atoms with E-state index in [0.717, 1.165) is 5.56 Å². The Hall–Kier alpha value is -3.20. The number of nitrogens with one attached hydrogen (secondary N) is 1. The molecule has 1 fully saturated rings. The highest BCUT2D eigenvalue weighted by atomic mass is 32.2. The first kappa shape index (κ1) is 24.9. The van der Waals surface area contributed by atoms with Crippen LogP contribution in [0.4, 0.5) is 4.39 Å². The summed E-state index contributed by atoms with van der Waals surface area (Å²) in [5.41, 5.74) is 1.72. The molecule has 1 saturated heterocycles. The topological polar surface area (TPSA) is 80.1 Å². The first-order valence-electron chi connectivity index (χ1n) is 11.8. The summed E-state index contributed by atoms with van der Waals surface area (Å²) in [4.78, 5) is 26.7. The Bertz CT molecular complexity index is 1170. The van der Waals surface area contributed by atoms with E-state index in [-0.39, 0.29) is 36.6 Å². The molecule has 1 atom stereocenters. The minimum absolute atomic E-state index is 0.0104. The zero-order valence-electron chi connectivity index (χ0n) is 20.0. The highest BCUT2D eigenvalue weighted by Gasteiger charge is 2.31. The van der Waals surface area contributed by atoms with Crippen LogP contribution in [0.3, 0.4) is 0 Å². The quantitative estimate of drug-likeness (QED) is 0.430. The minimum Gasteiger partial charge on any atom is -0.347 e. The first-order chi connectivity index (χ1) is 16.9. The molecule has 2 aromatic carbocycles. The summed E-state index contributed by atoms with van der Waals surface area (Å²) in [6, 6.07) is 16.6. The lowest BCUT2D eigenvalue weighted by molar-refractivity contribution is -0.133. The second kappa shape index (κ2) is 11.5. The van der Waals surface area contributed by atoms with Crippen molar-refractivity contribution < 1.29 is 14.0 Å². The van der Waals surface area contributed by atoms with Crippen LogP contribution in [0.2, 0.25) is 0 Å². The maximum Gasteiger partial charge on any atom is 0.240 e. The number of carbonyl (C=O) groups excluding carboxylic acids is 2. The fraction of sp³-hybridized carbons (Fsp3) is 0.385. The smallest absolute Gasteiger partial charge is 0.240 e. The van der Waals surface area contributed by atoms with Gasteiger partial charge in [0, 0.05) is 31.2 Å². The molecule has 0 spiro atoms. The maximum atomic E-state index is 14.0. The van der Waals surface area contributed by atoms with Gasteiger partial charge in [-0.3, -0.25) is 9.59 Å². The Kier molecular flexibility index (Phi) is 8.17. The molecule has 9 heteroatoms. The summed E-state index contributed by atoms with van der Waals surface area (Å²) in [5, 5.41) is 12.1. The molecule has 4 rings (SSSR count). The van der Waals surface area contributed by atoms with Gasteiger partial charge < -0.3 is 14.8 Å². The monoisotopic (exact) mass is 495 g/mol. The van der Waals surface area contributed by atoms with E-state index < -0.39 is 0 Å². The maximum absolute atomic E-state index is 14.0. The molecule has 1 N–H and O–H groups in total. The van der Waals surface area contributed by atoms with Gasteiger partial charge in [0.25, 0.3) is 0 Å². The average Bonchev–Trinajstić information content (AvgIpc) is 3.40. The lowest BCUT2D eigenvalue weighted by Crippen LogP contribution is -2.38. The van der Waals surface area contributed by atoms with Crippen molar-refractivity contribution in [2.45, 2.75) is 50.2 Å². The number of hydrogen-bond acceptors (Lipinski definition) is 5. The second-order valence-corrected chi connectivity index (χ2v) is 10.1. The highest BCUT2D eigenvalue weighted by Crippen LogP contribution is 2.28. The van der Waals surface area contributed by atoms with Gasteiger partial charge in [0.1, 0.15) is 5.82 Å². The zero-order chi connectivity index (χ0) is 24.8. The van der Waals surface area contributed by atoms with Crippen LogP contribution < -0.4 is 5.32 Å². The van der Waals surface area contributed by atoms with Crippen LogP contribution in [-0.2, 0) is 28.4 Å². The molecule has 7 nitrogen and oxygen atoms in total. The zero-order valence-corrected chi connectivity index (χ0v) is 20.8. The number of rotatable bonds is 10. The highest BCUT2D eigenvalue weighted by molar-refractivity contribution is 7.98. The summed E-state index contributed by atoms with van der Waals surface area (Å²) in [6.45, 7) is 5.64. The Labute approximate surface area is 209 Å². The van der Waals surface area contributed by atoms with E-state index in [9.17, 15) is 14.0 Å². The van der Waals surface area contributed by atoms with Crippen molar-refractivity contribution in [1.82, 2.24) is 25.0 Å². The predicted molar refractivity (Wildman–Crippen MR) is 133 cm³/mol. The number of hydrogen-bond donors (Lipinski definition) is 1. The lowest BCUT2D eigenvalue weighted by Gasteiger charge is -2.17. The van der Waals surface area contributed by atoms with Crippen molar-refractivity contribution in [3.63, 3.8) is 0 Å². The number of halogens is 1. The number of benzene rings is 2. The largest absolute Gasteiger partial charge is 0.347 e. The van der Waals surface area contributed by atoms with Crippen LogP contribution in [0.1, 0.15) is 43.1 Å². The van der Waals surface area contributed by atoms with Crippen molar-refractivity contribution in [1.29, 1.82) is 0 Å². The Balaban J connectivity index is 1.35. The summed E-state index contributed by atoms with van der Waals surface area (Å²) in [5.74, 6) is 1.04. The summed E-state index contributed by atoms with van der Waals surface area (Å²) < 4.78 is 16.0. The van der Waals surface area contributed by atoms with Crippen LogP contribution in [0.5, 0.6) is 0 Å². The summed E-state index contributed by atoms with van der Waals surface area (Å²) in [7, 11) is 0. The fourth-order valence-corrected chi connectivity index (χ4v) is 5.10. The van der Waals surface area contributed by atoms with Crippen LogP contribution in [-0.4, -0.2) is 44.6 Å². The van der Waals surface area contributed by atoms with Gasteiger partial charge in [-0.15, -0.1) is 10.2 Å². The van der Waals surface area contributed by atoms with Gasteiger partial charge in [0.05, 0.1) is 13.1 Å². The fourth-order valence-electron chi connectivity index (χ4n) is 4.14. The summed E-state index contributed by atoms with van der Waals surface area (Å²) in [6.07, 6.45) is 0.419. The first-order valence-corrected chi connectivity index (χ1v) is 12.8.